The number of nitrogens with two attached hydrogens (primary N) is 1. The van der Waals surface area contributed by atoms with E-state index in [0.29, 0.717) is 11.6 Å². The minimum Gasteiger partial charge on any atom is -0.490 e. The van der Waals surface area contributed by atoms with Crippen molar-refractivity contribution in [3.8, 4) is 11.5 Å². The Kier molecular flexibility index (Phi) is 5.84. The second kappa shape index (κ2) is 7.75. The molecule has 0 unspecified atom stereocenters. The summed E-state index contributed by atoms with van der Waals surface area (Å²) in [7, 11) is -4.95. The van der Waals surface area contributed by atoms with Crippen LogP contribution in [0, 0.1) is 11.2 Å². The summed E-state index contributed by atoms with van der Waals surface area (Å²) in [5, 5.41) is 8.29. The number of halogens is 6. The number of ether oxygens (including phenoxy) is 2. The van der Waals surface area contributed by atoms with Crippen molar-refractivity contribution in [3.63, 3.8) is 0 Å². The largest absolute Gasteiger partial charge is 0.490 e. The van der Waals surface area contributed by atoms with Crippen molar-refractivity contribution in [2.75, 3.05) is 25.5 Å². The summed E-state index contributed by atoms with van der Waals surface area (Å²) in [6, 6.07) is 1.83. The first-order chi connectivity index (χ1) is 15.5. The molecule has 34 heavy (non-hydrogen) atoms. The summed E-state index contributed by atoms with van der Waals surface area (Å²) in [5.41, 5.74) is 2.94. The van der Waals surface area contributed by atoms with Gasteiger partial charge in [0.25, 0.3) is 0 Å². The lowest BCUT2D eigenvalue weighted by atomic mass is 9.92. The van der Waals surface area contributed by atoms with Crippen LogP contribution in [-0.2, 0) is 6.54 Å². The van der Waals surface area contributed by atoms with Crippen LogP contribution in [0.15, 0.2) is 23.1 Å². The van der Waals surface area contributed by atoms with Gasteiger partial charge in [-0.25, -0.2) is 4.39 Å². The second-order valence-electron chi connectivity index (χ2n) is 7.49. The molecule has 1 heterocycles. The van der Waals surface area contributed by atoms with Gasteiger partial charge in [0.05, 0.1) is 25.3 Å². The molecule has 2 aromatic carbocycles. The van der Waals surface area contributed by atoms with Crippen LogP contribution < -0.4 is 20.7 Å². The van der Waals surface area contributed by atoms with E-state index in [1.54, 1.807) is 13.8 Å². The average molecular weight is 507 g/mol. The fourth-order valence-electron chi connectivity index (χ4n) is 3.61. The van der Waals surface area contributed by atoms with E-state index in [4.69, 9.17) is 28.5 Å². The molecular weight excluding hydrogens is 487 g/mol. The fraction of sp³-hybridized carbons (Fsp3) is 0.300. The summed E-state index contributed by atoms with van der Waals surface area (Å²) in [5.74, 6) is -2.20. The zero-order chi connectivity index (χ0) is 25.7. The van der Waals surface area contributed by atoms with E-state index in [1.807, 2.05) is 0 Å². The number of nitrogens with one attached hydrogen (secondary N) is 1. The first-order valence-electron chi connectivity index (χ1n) is 9.89. The summed E-state index contributed by atoms with van der Waals surface area (Å²) in [4.78, 5) is 11.5. The molecule has 0 amide bonds. The van der Waals surface area contributed by atoms with Gasteiger partial charge in [0.1, 0.15) is 18.6 Å². The molecule has 2 aromatic rings. The van der Waals surface area contributed by atoms with Crippen LogP contribution in [0.5, 0.6) is 11.5 Å². The number of anilines is 1. The first kappa shape index (κ1) is 25.6. The maximum atomic E-state index is 15.1. The van der Waals surface area contributed by atoms with Gasteiger partial charge in [-0.3, -0.25) is 10.2 Å². The van der Waals surface area contributed by atoms with Crippen molar-refractivity contribution in [1.82, 2.24) is 4.90 Å². The van der Waals surface area contributed by atoms with E-state index in [0.717, 1.165) is 4.90 Å². The Morgan fingerprint density at radius 1 is 1.15 bits per heavy atom. The van der Waals surface area contributed by atoms with E-state index in [9.17, 15) is 24.2 Å². The fourth-order valence-corrected chi connectivity index (χ4v) is 4.46. The molecule has 3 rings (SSSR count). The quantitative estimate of drug-likeness (QED) is 0.235. The number of amidine groups is 1. The summed E-state index contributed by atoms with van der Waals surface area (Å²) >= 11 is 0. The SMILES string of the molecule is [B]c1cc(C(=O)CN2Cc3cc(OCC)c(OCC)c(F)c3C2=N)c(N)cc1S(F)(F)(F)(F)F. The predicted octanol–water partition coefficient (Wildman–Crippen LogP) is 4.68. The highest BCUT2D eigenvalue weighted by Gasteiger charge is 2.66. The Bertz CT molecular complexity index is 1210. The molecule has 0 bridgehead atoms. The Morgan fingerprint density at radius 2 is 1.76 bits per heavy atom. The number of carbonyl (C=O) groups is 1. The Hall–Kier alpha value is -3.03. The van der Waals surface area contributed by atoms with Gasteiger partial charge in [0.2, 0.25) is 0 Å². The maximum absolute atomic E-state index is 15.1. The number of Topliss-reactive ketones (excluding diaryl/α,β-unsaturated/α-hetero) is 1. The molecule has 0 saturated carbocycles. The molecule has 0 spiro atoms. The monoisotopic (exact) mass is 507 g/mol. The lowest BCUT2D eigenvalue weighted by Crippen LogP contribution is -2.31. The highest BCUT2D eigenvalue weighted by atomic mass is 32.5. The molecule has 1 aliphatic heterocycles. The van der Waals surface area contributed by atoms with Crippen LogP contribution >= 0.6 is 10.2 Å². The van der Waals surface area contributed by atoms with Crippen LogP contribution in [0.3, 0.4) is 0 Å². The topological polar surface area (TPSA) is 88.6 Å². The van der Waals surface area contributed by atoms with Crippen molar-refractivity contribution in [1.29, 1.82) is 5.41 Å². The van der Waals surface area contributed by atoms with E-state index < -0.39 is 50.0 Å². The lowest BCUT2D eigenvalue weighted by molar-refractivity contribution is 0.0963. The Morgan fingerprint density at radius 3 is 2.32 bits per heavy atom. The number of carbonyl (C=O) groups excluding carboxylic acids is 1. The number of ketones is 1. The molecule has 0 atom stereocenters. The van der Waals surface area contributed by atoms with Gasteiger partial charge in [0, 0.05) is 17.8 Å². The molecule has 0 fully saturated rings. The standard InChI is InChI=1S/C20H20BF6N3O3S/c1-3-32-15-5-10-8-30(20(29)17(10)18(22)19(15)33-4-2)9-14(31)11-6-12(21)16(7-13(11)28)34(23,24,25,26)27/h5-7,29H,3-4,8-9,28H2,1-2H3. The summed E-state index contributed by atoms with van der Waals surface area (Å²) in [6.45, 7) is 2.97. The van der Waals surface area contributed by atoms with E-state index >= 15 is 4.39 Å². The molecule has 0 aromatic heterocycles. The number of nitrogen functional groups attached to an aromatic ring is 1. The number of hydrogen-bond acceptors (Lipinski definition) is 5. The van der Waals surface area contributed by atoms with Gasteiger partial charge in [0.15, 0.2) is 23.1 Å². The zero-order valence-electron chi connectivity index (χ0n) is 18.1. The Balaban J connectivity index is 1.92. The third kappa shape index (κ3) is 4.77. The highest BCUT2D eigenvalue weighted by molar-refractivity contribution is 8.46. The molecular formula is C20H20BF6N3O3S. The maximum Gasteiger partial charge on any atom is 0.309 e. The van der Waals surface area contributed by atoms with Crippen molar-refractivity contribution < 1.29 is 38.1 Å². The second-order valence-corrected chi connectivity index (χ2v) is 9.87. The molecule has 6 nitrogen and oxygen atoms in total. The van der Waals surface area contributed by atoms with Crippen LogP contribution in [0.4, 0.5) is 29.5 Å². The van der Waals surface area contributed by atoms with Crippen molar-refractivity contribution >= 4 is 40.8 Å². The molecule has 3 N–H and O–H groups in total. The average Bonchev–Trinajstić information content (AvgIpc) is 3.00. The number of fused-ring (bicyclic) bond motifs is 1. The van der Waals surface area contributed by atoms with Gasteiger partial charge >= 0.3 is 10.2 Å². The van der Waals surface area contributed by atoms with Crippen LogP contribution in [0.1, 0.15) is 35.3 Å². The molecule has 184 valence electrons. The molecule has 14 heteroatoms. The molecule has 0 aliphatic carbocycles. The van der Waals surface area contributed by atoms with Gasteiger partial charge in [-0.2, -0.15) is 0 Å². The summed E-state index contributed by atoms with van der Waals surface area (Å²) in [6.07, 6.45) is 0. The van der Waals surface area contributed by atoms with Crippen molar-refractivity contribution in [2.24, 2.45) is 0 Å². The Labute approximate surface area is 192 Å². The normalized spacial score (nSPS) is 15.5. The van der Waals surface area contributed by atoms with E-state index in [2.05, 4.69) is 0 Å². The minimum atomic E-state index is -10.1. The van der Waals surface area contributed by atoms with Crippen molar-refractivity contribution in [2.45, 2.75) is 25.3 Å². The van der Waals surface area contributed by atoms with Crippen LogP contribution in [0.25, 0.3) is 0 Å². The highest BCUT2D eigenvalue weighted by Crippen LogP contribution is 3.01. The zero-order valence-corrected chi connectivity index (χ0v) is 18.9. The third-order valence-electron chi connectivity index (χ3n) is 5.00. The third-order valence-corrected chi connectivity index (χ3v) is 6.19. The predicted molar refractivity (Wildman–Crippen MR) is 118 cm³/mol. The van der Waals surface area contributed by atoms with Crippen LogP contribution in [0.2, 0.25) is 0 Å². The van der Waals surface area contributed by atoms with Gasteiger partial charge in [-0.1, -0.05) is 31.0 Å². The number of benzene rings is 2. The molecule has 0 saturated heterocycles. The number of rotatable bonds is 8. The summed E-state index contributed by atoms with van der Waals surface area (Å²) < 4.78 is 91.6. The van der Waals surface area contributed by atoms with Gasteiger partial charge < -0.3 is 20.1 Å². The number of nitrogens with zero attached hydrogens (tertiary/aromatic N) is 1. The molecule has 2 radical (unpaired) electrons. The van der Waals surface area contributed by atoms with Crippen LogP contribution in [-0.4, -0.2) is 44.1 Å². The van der Waals surface area contributed by atoms with E-state index in [-0.39, 0.29) is 48.7 Å². The van der Waals surface area contributed by atoms with E-state index in [1.165, 1.54) is 6.07 Å². The lowest BCUT2D eigenvalue weighted by Gasteiger charge is -2.42. The minimum absolute atomic E-state index is 0.0728. The number of hydrogen-bond donors (Lipinski definition) is 2. The van der Waals surface area contributed by atoms with Gasteiger partial charge in [-0.05, 0) is 31.5 Å². The smallest absolute Gasteiger partial charge is 0.309 e. The van der Waals surface area contributed by atoms with Gasteiger partial charge in [-0.15, -0.1) is 0 Å². The first-order valence-corrected chi connectivity index (χ1v) is 11.8. The molecule has 1 aliphatic rings. The van der Waals surface area contributed by atoms with Crippen molar-refractivity contribution in [3.05, 3.63) is 40.7 Å².